The van der Waals surface area contributed by atoms with Gasteiger partial charge in [-0.25, -0.2) is 0 Å². The Bertz CT molecular complexity index is 729. The van der Waals surface area contributed by atoms with E-state index < -0.39 is 49.1 Å². The lowest BCUT2D eigenvalue weighted by atomic mass is 9.82. The Hall–Kier alpha value is -0.440. The van der Waals surface area contributed by atoms with Crippen molar-refractivity contribution in [1.82, 2.24) is 9.80 Å². The third-order valence-electron chi connectivity index (χ3n) is 9.03. The predicted octanol–water partition coefficient (Wildman–Crippen LogP) is 1.80. The molecule has 42 heavy (non-hydrogen) atoms. The molecule has 250 valence electrons. The van der Waals surface area contributed by atoms with Gasteiger partial charge in [0.2, 0.25) is 0 Å². The molecule has 2 fully saturated rings. The predicted molar refractivity (Wildman–Crippen MR) is 163 cm³/mol. The molecule has 5 N–H and O–H groups in total. The van der Waals surface area contributed by atoms with Crippen LogP contribution in [-0.4, -0.2) is 138 Å². The highest BCUT2D eigenvalue weighted by atomic mass is 16.7. The number of aliphatic hydroxyl groups excluding tert-OH is 3. The molecule has 0 aromatic rings. The summed E-state index contributed by atoms with van der Waals surface area (Å²) in [6, 6.07) is 0.728. The molecule has 0 amide bonds. The molecule has 4 unspecified atom stereocenters. The van der Waals surface area contributed by atoms with Crippen molar-refractivity contribution in [3.8, 4) is 0 Å². The van der Waals surface area contributed by atoms with Gasteiger partial charge in [-0.05, 0) is 74.8 Å². The summed E-state index contributed by atoms with van der Waals surface area (Å²) >= 11 is 0. The quantitative estimate of drug-likeness (QED) is 0.181. The van der Waals surface area contributed by atoms with Crippen LogP contribution < -0.4 is 5.73 Å². The van der Waals surface area contributed by atoms with Crippen LogP contribution in [-0.2, 0) is 23.7 Å². The number of ether oxygens (including phenoxy) is 5. The highest BCUT2D eigenvalue weighted by Gasteiger charge is 2.49. The van der Waals surface area contributed by atoms with E-state index in [-0.39, 0.29) is 25.0 Å². The third kappa shape index (κ3) is 10.0. The Morgan fingerprint density at radius 1 is 0.810 bits per heavy atom. The summed E-state index contributed by atoms with van der Waals surface area (Å²) in [6.45, 7) is 21.3. The van der Waals surface area contributed by atoms with E-state index in [2.05, 4.69) is 65.2 Å². The van der Waals surface area contributed by atoms with Gasteiger partial charge in [0.15, 0.2) is 12.6 Å². The molecular weight excluding hydrogens is 542 g/mol. The fourth-order valence-electron chi connectivity index (χ4n) is 6.53. The minimum absolute atomic E-state index is 0.163. The van der Waals surface area contributed by atoms with E-state index in [9.17, 15) is 15.3 Å². The van der Waals surface area contributed by atoms with Crippen molar-refractivity contribution >= 4 is 0 Å². The van der Waals surface area contributed by atoms with Gasteiger partial charge in [-0.15, -0.1) is 0 Å². The highest BCUT2D eigenvalue weighted by molar-refractivity contribution is 4.95. The molecule has 2 aliphatic rings. The fourth-order valence-corrected chi connectivity index (χ4v) is 6.53. The average molecular weight is 606 g/mol. The molecule has 11 heteroatoms. The molecule has 0 spiro atoms. The lowest BCUT2D eigenvalue weighted by molar-refractivity contribution is -0.333. The molecule has 0 aromatic heterocycles. The smallest absolute Gasteiger partial charge is 0.175 e. The number of hydrogen-bond donors (Lipinski definition) is 4. The van der Waals surface area contributed by atoms with E-state index in [0.717, 1.165) is 19.5 Å². The Kier molecular flexibility index (Phi) is 16.1. The van der Waals surface area contributed by atoms with Crippen LogP contribution in [0.5, 0.6) is 0 Å². The Labute approximate surface area is 254 Å². The summed E-state index contributed by atoms with van der Waals surface area (Å²) < 4.78 is 30.3. The van der Waals surface area contributed by atoms with Gasteiger partial charge in [-0.2, -0.15) is 0 Å². The minimum atomic E-state index is -1.12. The van der Waals surface area contributed by atoms with Gasteiger partial charge in [0, 0.05) is 49.7 Å². The third-order valence-corrected chi connectivity index (χ3v) is 9.03. The molecule has 0 aliphatic carbocycles. The van der Waals surface area contributed by atoms with Gasteiger partial charge in [0.05, 0.1) is 38.1 Å². The van der Waals surface area contributed by atoms with E-state index >= 15 is 0 Å². The zero-order valence-corrected chi connectivity index (χ0v) is 27.9. The summed E-state index contributed by atoms with van der Waals surface area (Å²) in [5.41, 5.74) is 6.30. The summed E-state index contributed by atoms with van der Waals surface area (Å²) in [4.78, 5) is 4.76. The molecular formula is C31H63N3O8. The van der Waals surface area contributed by atoms with Crippen LogP contribution in [0.1, 0.15) is 75.2 Å². The molecule has 0 radical (unpaired) electrons. The van der Waals surface area contributed by atoms with E-state index in [4.69, 9.17) is 29.4 Å². The van der Waals surface area contributed by atoms with Crippen molar-refractivity contribution in [1.29, 1.82) is 0 Å². The molecule has 2 aliphatic heterocycles. The second-order valence-corrected chi connectivity index (χ2v) is 13.3. The average Bonchev–Trinajstić information content (AvgIpc) is 2.92. The maximum absolute atomic E-state index is 11.3. The lowest BCUT2D eigenvalue weighted by Crippen LogP contribution is -2.65. The fraction of sp³-hybridized carbons (Fsp3) is 1.00. The van der Waals surface area contributed by atoms with Crippen molar-refractivity contribution in [2.24, 2.45) is 17.6 Å². The van der Waals surface area contributed by atoms with Gasteiger partial charge < -0.3 is 44.7 Å². The van der Waals surface area contributed by atoms with Gasteiger partial charge in [-0.3, -0.25) is 9.80 Å². The molecule has 0 bridgehead atoms. The summed E-state index contributed by atoms with van der Waals surface area (Å²) in [7, 11) is 1.49. The Morgan fingerprint density at radius 3 is 1.88 bits per heavy atom. The summed E-state index contributed by atoms with van der Waals surface area (Å²) in [5.74, 6) is -0.637. The second kappa shape index (κ2) is 17.9. The van der Waals surface area contributed by atoms with Crippen LogP contribution >= 0.6 is 0 Å². The van der Waals surface area contributed by atoms with Crippen LogP contribution in [0.4, 0.5) is 0 Å². The first kappa shape index (κ1) is 37.7. The van der Waals surface area contributed by atoms with E-state index in [0.29, 0.717) is 37.2 Å². The Balaban J connectivity index is 2.20. The SMILES string of the molecule is CO[C@@H]1OC(COCCN(C(C)C)C(C)C)[C@@H](O[C@@H]2OC(CO)[C@@H](C)[C@H](O)C2CCCN(C(C)C)C(C)C)[C@H](O)C1N. The van der Waals surface area contributed by atoms with Crippen LogP contribution in [0, 0.1) is 11.8 Å². The minimum Gasteiger partial charge on any atom is -0.394 e. The summed E-state index contributed by atoms with van der Waals surface area (Å²) in [6.07, 6.45) is -4.23. The monoisotopic (exact) mass is 605 g/mol. The first-order valence-electron chi connectivity index (χ1n) is 16.1. The number of nitrogens with zero attached hydrogens (tertiary/aromatic N) is 2. The lowest BCUT2D eigenvalue weighted by Gasteiger charge is -2.48. The van der Waals surface area contributed by atoms with Gasteiger partial charge in [0.25, 0.3) is 0 Å². The molecule has 11 nitrogen and oxygen atoms in total. The zero-order chi connectivity index (χ0) is 31.7. The van der Waals surface area contributed by atoms with Crippen molar-refractivity contribution in [3.05, 3.63) is 0 Å². The molecule has 0 saturated carbocycles. The van der Waals surface area contributed by atoms with Crippen molar-refractivity contribution in [2.45, 2.75) is 148 Å². The Morgan fingerprint density at radius 2 is 1.36 bits per heavy atom. The first-order valence-corrected chi connectivity index (χ1v) is 16.1. The van der Waals surface area contributed by atoms with Gasteiger partial charge >= 0.3 is 0 Å². The molecule has 2 rings (SSSR count). The second-order valence-electron chi connectivity index (χ2n) is 13.3. The van der Waals surface area contributed by atoms with Crippen molar-refractivity contribution in [2.75, 3.05) is 40.0 Å². The first-order chi connectivity index (χ1) is 19.7. The maximum atomic E-state index is 11.3. The van der Waals surface area contributed by atoms with Crippen LogP contribution in [0.25, 0.3) is 0 Å². The molecule has 2 saturated heterocycles. The number of aliphatic hydroxyl groups is 3. The van der Waals surface area contributed by atoms with Crippen LogP contribution in [0.3, 0.4) is 0 Å². The van der Waals surface area contributed by atoms with Crippen LogP contribution in [0.2, 0.25) is 0 Å². The van der Waals surface area contributed by atoms with Crippen molar-refractivity contribution < 1.29 is 39.0 Å². The molecule has 0 aromatic carbocycles. The number of methoxy groups -OCH3 is 1. The normalized spacial score (nSPS) is 34.6. The van der Waals surface area contributed by atoms with E-state index in [1.165, 1.54) is 7.11 Å². The van der Waals surface area contributed by atoms with Gasteiger partial charge in [-0.1, -0.05) is 6.92 Å². The number of nitrogens with two attached hydrogens (primary N) is 1. The van der Waals surface area contributed by atoms with Crippen LogP contribution in [0.15, 0.2) is 0 Å². The number of hydrogen-bond acceptors (Lipinski definition) is 11. The largest absolute Gasteiger partial charge is 0.394 e. The van der Waals surface area contributed by atoms with E-state index in [1.54, 1.807) is 0 Å². The highest BCUT2D eigenvalue weighted by Crippen LogP contribution is 2.36. The standard InChI is InChI=1S/C31H63N3O8/c1-18(2)33(19(3)4)13-11-12-23-27(36)22(9)24(16-35)40-30(23)42-29-25(41-31(38-10)26(32)28(29)37)17-39-15-14-34(20(5)6)21(7)8/h18-31,35-37H,11-17,32H2,1-10H3/t22-,23?,24?,25?,26?,27+,28-,29-,30+,31-/m1/s1. The summed E-state index contributed by atoms with van der Waals surface area (Å²) in [5, 5.41) is 32.6. The zero-order valence-electron chi connectivity index (χ0n) is 27.9. The molecule has 10 atom stereocenters. The number of rotatable bonds is 17. The van der Waals surface area contributed by atoms with Gasteiger partial charge in [0.1, 0.15) is 18.3 Å². The topological polar surface area (TPSA) is 139 Å². The molecule has 2 heterocycles. The maximum Gasteiger partial charge on any atom is 0.175 e. The van der Waals surface area contributed by atoms with E-state index in [1.807, 2.05) is 6.92 Å². The van der Waals surface area contributed by atoms with Crippen molar-refractivity contribution in [3.63, 3.8) is 0 Å².